The van der Waals surface area contributed by atoms with Gasteiger partial charge in [-0.3, -0.25) is 4.79 Å². The van der Waals surface area contributed by atoms with Gasteiger partial charge in [-0.25, -0.2) is 8.78 Å². The molecule has 0 heterocycles. The fourth-order valence-electron chi connectivity index (χ4n) is 2.13. The summed E-state index contributed by atoms with van der Waals surface area (Å²) >= 11 is 0. The third-order valence-corrected chi connectivity index (χ3v) is 3.19. The Labute approximate surface area is 118 Å². The summed E-state index contributed by atoms with van der Waals surface area (Å²) in [6.07, 6.45) is 0.667. The Morgan fingerprint density at radius 2 is 1.95 bits per heavy atom. The molecular formula is C15H22F2N2O. The van der Waals surface area contributed by atoms with Gasteiger partial charge >= 0.3 is 0 Å². The van der Waals surface area contributed by atoms with Crippen LogP contribution in [0.2, 0.25) is 0 Å². The lowest BCUT2D eigenvalue weighted by Crippen LogP contribution is -2.37. The molecule has 0 aliphatic carbocycles. The van der Waals surface area contributed by atoms with E-state index in [1.165, 1.54) is 0 Å². The average molecular weight is 284 g/mol. The molecule has 0 aliphatic rings. The van der Waals surface area contributed by atoms with Crippen molar-refractivity contribution in [3.05, 3.63) is 35.4 Å². The highest BCUT2D eigenvalue weighted by molar-refractivity contribution is 5.79. The Morgan fingerprint density at radius 3 is 2.50 bits per heavy atom. The van der Waals surface area contributed by atoms with Crippen LogP contribution in [0.5, 0.6) is 0 Å². The molecule has 0 saturated carbocycles. The number of carbonyl (C=O) groups is 1. The van der Waals surface area contributed by atoms with E-state index in [9.17, 15) is 13.6 Å². The van der Waals surface area contributed by atoms with Gasteiger partial charge in [0.2, 0.25) is 5.91 Å². The van der Waals surface area contributed by atoms with Crippen LogP contribution in [0, 0.1) is 23.5 Å². The highest BCUT2D eigenvalue weighted by Gasteiger charge is 2.21. The quantitative estimate of drug-likeness (QED) is 0.844. The van der Waals surface area contributed by atoms with E-state index in [2.05, 4.69) is 5.32 Å². The minimum absolute atomic E-state index is 0.138. The van der Waals surface area contributed by atoms with Gasteiger partial charge in [-0.1, -0.05) is 13.8 Å². The summed E-state index contributed by atoms with van der Waals surface area (Å²) in [6.45, 7) is 5.87. The molecule has 112 valence electrons. The van der Waals surface area contributed by atoms with Gasteiger partial charge in [0, 0.05) is 12.1 Å². The van der Waals surface area contributed by atoms with Crippen molar-refractivity contribution in [1.82, 2.24) is 5.32 Å². The summed E-state index contributed by atoms with van der Waals surface area (Å²) in [5.41, 5.74) is 5.73. The molecule has 0 bridgehead atoms. The molecule has 2 atom stereocenters. The molecule has 1 aromatic carbocycles. The molecule has 0 saturated heterocycles. The number of nitrogens with two attached hydrogens (primary N) is 1. The number of hydrogen-bond acceptors (Lipinski definition) is 2. The second-order valence-corrected chi connectivity index (χ2v) is 5.46. The lowest BCUT2D eigenvalue weighted by molar-refractivity contribution is -0.125. The second-order valence-electron chi connectivity index (χ2n) is 5.46. The molecule has 3 nitrogen and oxygen atoms in total. The number of halogens is 2. The van der Waals surface area contributed by atoms with Crippen LogP contribution in [0.1, 0.15) is 38.8 Å². The standard InChI is InChI=1S/C15H22F2N2O/c1-9(2)6-11(8-18)15(20)19-10(3)13-7-12(16)4-5-14(13)17/h4-5,7,9-11H,6,8,18H2,1-3H3,(H,19,20). The van der Waals surface area contributed by atoms with E-state index in [-0.39, 0.29) is 23.9 Å². The number of nitrogens with one attached hydrogen (secondary N) is 1. The maximum absolute atomic E-state index is 13.6. The Hall–Kier alpha value is -1.49. The molecular weight excluding hydrogens is 262 g/mol. The topological polar surface area (TPSA) is 55.1 Å². The number of benzene rings is 1. The Morgan fingerprint density at radius 1 is 1.30 bits per heavy atom. The number of hydrogen-bond donors (Lipinski definition) is 2. The van der Waals surface area contributed by atoms with Crippen molar-refractivity contribution in [3.8, 4) is 0 Å². The van der Waals surface area contributed by atoms with Crippen molar-refractivity contribution in [2.24, 2.45) is 17.6 Å². The van der Waals surface area contributed by atoms with E-state index in [1.54, 1.807) is 6.92 Å². The van der Waals surface area contributed by atoms with Crippen molar-refractivity contribution >= 4 is 5.91 Å². The van der Waals surface area contributed by atoms with Gasteiger partial charge < -0.3 is 11.1 Å². The smallest absolute Gasteiger partial charge is 0.224 e. The van der Waals surface area contributed by atoms with Crippen LogP contribution in [0.3, 0.4) is 0 Å². The van der Waals surface area contributed by atoms with Gasteiger partial charge in [-0.15, -0.1) is 0 Å². The molecule has 0 aliphatic heterocycles. The largest absolute Gasteiger partial charge is 0.349 e. The van der Waals surface area contributed by atoms with E-state index in [1.807, 2.05) is 13.8 Å². The average Bonchev–Trinajstić information content (AvgIpc) is 2.38. The Kier molecular flexibility index (Phi) is 6.07. The summed E-state index contributed by atoms with van der Waals surface area (Å²) in [7, 11) is 0. The van der Waals surface area contributed by atoms with E-state index in [4.69, 9.17) is 5.73 Å². The number of rotatable bonds is 6. The molecule has 0 aromatic heterocycles. The normalized spacial score (nSPS) is 14.2. The molecule has 0 spiro atoms. The van der Waals surface area contributed by atoms with Crippen LogP contribution in [0.25, 0.3) is 0 Å². The van der Waals surface area contributed by atoms with Crippen LogP contribution in [0.15, 0.2) is 18.2 Å². The fourth-order valence-corrected chi connectivity index (χ4v) is 2.13. The van der Waals surface area contributed by atoms with Crippen molar-refractivity contribution < 1.29 is 13.6 Å². The third kappa shape index (κ3) is 4.56. The Balaban J connectivity index is 2.76. The van der Waals surface area contributed by atoms with Crippen molar-refractivity contribution in [1.29, 1.82) is 0 Å². The lowest BCUT2D eigenvalue weighted by atomic mass is 9.95. The van der Waals surface area contributed by atoms with Gasteiger partial charge in [-0.2, -0.15) is 0 Å². The monoisotopic (exact) mass is 284 g/mol. The lowest BCUT2D eigenvalue weighted by Gasteiger charge is -2.21. The molecule has 5 heteroatoms. The predicted molar refractivity (Wildman–Crippen MR) is 74.9 cm³/mol. The number of amides is 1. The van der Waals surface area contributed by atoms with Crippen molar-refractivity contribution in [2.75, 3.05) is 6.54 Å². The summed E-state index contributed by atoms with van der Waals surface area (Å²) < 4.78 is 26.8. The van der Waals surface area contributed by atoms with Crippen LogP contribution in [0.4, 0.5) is 8.78 Å². The van der Waals surface area contributed by atoms with Gasteiger partial charge in [0.25, 0.3) is 0 Å². The maximum atomic E-state index is 13.6. The molecule has 3 N–H and O–H groups in total. The van der Waals surface area contributed by atoms with Gasteiger partial charge in [-0.05, 0) is 37.5 Å². The van der Waals surface area contributed by atoms with Crippen LogP contribution in [-0.2, 0) is 4.79 Å². The summed E-state index contributed by atoms with van der Waals surface area (Å²) in [4.78, 5) is 12.1. The van der Waals surface area contributed by atoms with E-state index >= 15 is 0 Å². The zero-order valence-corrected chi connectivity index (χ0v) is 12.1. The molecule has 0 fully saturated rings. The highest BCUT2D eigenvalue weighted by atomic mass is 19.1. The van der Waals surface area contributed by atoms with Gasteiger partial charge in [0.15, 0.2) is 0 Å². The van der Waals surface area contributed by atoms with Crippen molar-refractivity contribution in [3.63, 3.8) is 0 Å². The Bertz CT molecular complexity index is 463. The van der Waals surface area contributed by atoms with Crippen LogP contribution in [-0.4, -0.2) is 12.5 Å². The predicted octanol–water partition coefficient (Wildman–Crippen LogP) is 2.76. The SMILES string of the molecule is CC(C)CC(CN)C(=O)NC(C)c1cc(F)ccc1F. The van der Waals surface area contributed by atoms with E-state index in [0.717, 1.165) is 18.2 Å². The summed E-state index contributed by atoms with van der Waals surface area (Å²) in [5.74, 6) is -1.26. The molecule has 1 amide bonds. The van der Waals surface area contributed by atoms with E-state index in [0.29, 0.717) is 12.3 Å². The molecule has 1 aromatic rings. The van der Waals surface area contributed by atoms with Crippen LogP contribution < -0.4 is 11.1 Å². The molecule has 1 rings (SSSR count). The van der Waals surface area contributed by atoms with E-state index < -0.39 is 17.7 Å². The first-order valence-electron chi connectivity index (χ1n) is 6.80. The second kappa shape index (κ2) is 7.33. The molecule has 2 unspecified atom stereocenters. The zero-order chi connectivity index (χ0) is 15.3. The molecule has 0 radical (unpaired) electrons. The number of carbonyl (C=O) groups excluding carboxylic acids is 1. The first kappa shape index (κ1) is 16.6. The molecule has 20 heavy (non-hydrogen) atoms. The maximum Gasteiger partial charge on any atom is 0.224 e. The first-order chi connectivity index (χ1) is 9.35. The van der Waals surface area contributed by atoms with Gasteiger partial charge in [0.1, 0.15) is 11.6 Å². The summed E-state index contributed by atoms with van der Waals surface area (Å²) in [5, 5.41) is 2.70. The third-order valence-electron chi connectivity index (χ3n) is 3.19. The van der Waals surface area contributed by atoms with Crippen molar-refractivity contribution in [2.45, 2.75) is 33.2 Å². The summed E-state index contributed by atoms with van der Waals surface area (Å²) in [6, 6.07) is 2.61. The van der Waals surface area contributed by atoms with Gasteiger partial charge in [0.05, 0.1) is 12.0 Å². The minimum atomic E-state index is -0.598. The fraction of sp³-hybridized carbons (Fsp3) is 0.533. The zero-order valence-electron chi connectivity index (χ0n) is 12.1. The highest BCUT2D eigenvalue weighted by Crippen LogP contribution is 2.19. The van der Waals surface area contributed by atoms with Crippen LogP contribution >= 0.6 is 0 Å². The first-order valence-corrected chi connectivity index (χ1v) is 6.80. The minimum Gasteiger partial charge on any atom is -0.349 e.